The molecule has 1 atom stereocenters. The molecule has 0 heterocycles. The number of benzene rings is 1. The number of urea groups is 1. The molecular formula is C13H15F3N2O3S. The minimum absolute atomic E-state index is 0.149. The number of alkyl halides is 3. The topological polar surface area (TPSA) is 78.4 Å². The molecule has 0 saturated carbocycles. The van der Waals surface area contributed by atoms with Crippen molar-refractivity contribution in [2.24, 2.45) is 0 Å². The van der Waals surface area contributed by atoms with Crippen LogP contribution in [0.5, 0.6) is 0 Å². The number of aliphatic hydroxyl groups excluding tert-OH is 1. The van der Waals surface area contributed by atoms with Crippen LogP contribution in [0.3, 0.4) is 0 Å². The Bertz CT molecular complexity index is 497. The van der Waals surface area contributed by atoms with Gasteiger partial charge < -0.3 is 10.4 Å². The smallest absolute Gasteiger partial charge is 0.388 e. The molecule has 1 aromatic carbocycles. The van der Waals surface area contributed by atoms with Crippen LogP contribution in [0.1, 0.15) is 11.7 Å². The van der Waals surface area contributed by atoms with Crippen LogP contribution in [-0.2, 0) is 4.79 Å². The van der Waals surface area contributed by atoms with Crippen LogP contribution in [0.2, 0.25) is 0 Å². The average molecular weight is 336 g/mol. The van der Waals surface area contributed by atoms with E-state index in [9.17, 15) is 27.9 Å². The number of thioether (sulfide) groups is 1. The average Bonchev–Trinajstić information content (AvgIpc) is 2.45. The van der Waals surface area contributed by atoms with Gasteiger partial charge in [0, 0.05) is 5.75 Å². The van der Waals surface area contributed by atoms with Crippen molar-refractivity contribution in [3.05, 3.63) is 35.9 Å². The molecule has 0 aliphatic rings. The first-order valence-corrected chi connectivity index (χ1v) is 7.38. The van der Waals surface area contributed by atoms with Gasteiger partial charge in [-0.1, -0.05) is 30.3 Å². The Morgan fingerprint density at radius 1 is 1.23 bits per heavy atom. The zero-order valence-corrected chi connectivity index (χ0v) is 12.2. The van der Waals surface area contributed by atoms with E-state index >= 15 is 0 Å². The summed E-state index contributed by atoms with van der Waals surface area (Å²) in [5.74, 6) is -0.657. The molecule has 22 heavy (non-hydrogen) atoms. The maximum absolute atomic E-state index is 11.8. The summed E-state index contributed by atoms with van der Waals surface area (Å²) in [6.45, 7) is -1.51. The summed E-state index contributed by atoms with van der Waals surface area (Å²) in [4.78, 5) is 22.4. The molecule has 0 saturated heterocycles. The van der Waals surface area contributed by atoms with Crippen molar-refractivity contribution < 1.29 is 27.9 Å². The molecule has 0 aromatic heterocycles. The highest BCUT2D eigenvalue weighted by Crippen LogP contribution is 2.17. The van der Waals surface area contributed by atoms with Gasteiger partial charge in [-0.15, -0.1) is 11.8 Å². The minimum Gasteiger partial charge on any atom is -0.388 e. The normalized spacial score (nSPS) is 12.5. The quantitative estimate of drug-likeness (QED) is 0.741. The number of carbonyl (C=O) groups excluding carboxylic acids is 2. The molecule has 1 rings (SSSR count). The third-order valence-electron chi connectivity index (χ3n) is 2.40. The second-order valence-electron chi connectivity index (χ2n) is 4.29. The molecule has 3 amide bonds. The van der Waals surface area contributed by atoms with Crippen LogP contribution in [0.15, 0.2) is 30.3 Å². The fourth-order valence-corrected chi connectivity index (χ4v) is 2.21. The van der Waals surface area contributed by atoms with Gasteiger partial charge in [-0.3, -0.25) is 10.1 Å². The minimum atomic E-state index is -4.53. The number of rotatable bonds is 6. The van der Waals surface area contributed by atoms with Gasteiger partial charge in [-0.2, -0.15) is 13.2 Å². The van der Waals surface area contributed by atoms with E-state index in [2.05, 4.69) is 0 Å². The first-order chi connectivity index (χ1) is 10.3. The molecule has 0 aliphatic heterocycles. The molecule has 1 aromatic rings. The van der Waals surface area contributed by atoms with Gasteiger partial charge in [-0.25, -0.2) is 4.79 Å². The summed E-state index contributed by atoms with van der Waals surface area (Å²) in [6, 6.07) is 7.59. The van der Waals surface area contributed by atoms with Crippen LogP contribution < -0.4 is 10.6 Å². The maximum atomic E-state index is 11.8. The third kappa shape index (κ3) is 7.89. The molecule has 3 N–H and O–H groups in total. The van der Waals surface area contributed by atoms with E-state index in [0.29, 0.717) is 5.56 Å². The van der Waals surface area contributed by atoms with E-state index in [1.807, 2.05) is 0 Å². The van der Waals surface area contributed by atoms with Crippen molar-refractivity contribution in [3.8, 4) is 0 Å². The van der Waals surface area contributed by atoms with Crippen molar-refractivity contribution in [1.29, 1.82) is 0 Å². The Morgan fingerprint density at radius 2 is 1.86 bits per heavy atom. The highest BCUT2D eigenvalue weighted by Gasteiger charge is 2.27. The SMILES string of the molecule is O=C(CSCC(O)c1ccccc1)NC(=O)NCC(F)(F)F. The lowest BCUT2D eigenvalue weighted by Gasteiger charge is -2.11. The second-order valence-corrected chi connectivity index (χ2v) is 5.32. The van der Waals surface area contributed by atoms with E-state index in [0.717, 1.165) is 11.8 Å². The predicted molar refractivity (Wildman–Crippen MR) is 76.3 cm³/mol. The summed E-state index contributed by atoms with van der Waals surface area (Å²) in [5, 5.41) is 13.1. The first kappa shape index (κ1) is 18.3. The highest BCUT2D eigenvalue weighted by atomic mass is 32.2. The van der Waals surface area contributed by atoms with Crippen molar-refractivity contribution in [3.63, 3.8) is 0 Å². The van der Waals surface area contributed by atoms with E-state index in [-0.39, 0.29) is 11.5 Å². The Kier molecular flexibility index (Phi) is 7.19. The Labute approximate surface area is 129 Å². The van der Waals surface area contributed by atoms with E-state index in [4.69, 9.17) is 0 Å². The summed E-state index contributed by atoms with van der Waals surface area (Å²) in [5.41, 5.74) is 0.693. The van der Waals surface area contributed by atoms with Gasteiger partial charge in [0.2, 0.25) is 5.91 Å². The molecule has 0 aliphatic carbocycles. The second kappa shape index (κ2) is 8.64. The van der Waals surface area contributed by atoms with Gasteiger partial charge in [0.15, 0.2) is 0 Å². The molecule has 0 bridgehead atoms. The zero-order chi connectivity index (χ0) is 16.6. The number of aliphatic hydroxyl groups is 1. The van der Waals surface area contributed by atoms with Gasteiger partial charge in [0.25, 0.3) is 0 Å². The van der Waals surface area contributed by atoms with Crippen LogP contribution in [0.25, 0.3) is 0 Å². The lowest BCUT2D eigenvalue weighted by Crippen LogP contribution is -2.44. The van der Waals surface area contributed by atoms with Crippen LogP contribution >= 0.6 is 11.8 Å². The molecule has 9 heteroatoms. The van der Waals surface area contributed by atoms with E-state index in [1.54, 1.807) is 35.6 Å². The Hall–Kier alpha value is -1.74. The van der Waals surface area contributed by atoms with Gasteiger partial charge >= 0.3 is 12.2 Å². The maximum Gasteiger partial charge on any atom is 0.405 e. The summed E-state index contributed by atoms with van der Waals surface area (Å²) >= 11 is 1.07. The summed E-state index contributed by atoms with van der Waals surface area (Å²) in [6.07, 6.45) is -5.30. The molecule has 122 valence electrons. The number of carbonyl (C=O) groups is 2. The van der Waals surface area contributed by atoms with Crippen molar-refractivity contribution in [2.75, 3.05) is 18.1 Å². The van der Waals surface area contributed by atoms with E-state index in [1.165, 1.54) is 5.32 Å². The lowest BCUT2D eigenvalue weighted by atomic mass is 10.1. The van der Waals surface area contributed by atoms with Crippen molar-refractivity contribution in [1.82, 2.24) is 10.6 Å². The molecule has 0 spiro atoms. The molecule has 0 radical (unpaired) electrons. The van der Waals surface area contributed by atoms with Crippen molar-refractivity contribution >= 4 is 23.7 Å². The van der Waals surface area contributed by atoms with Crippen LogP contribution in [-0.4, -0.2) is 41.3 Å². The summed E-state index contributed by atoms with van der Waals surface area (Å²) < 4.78 is 35.5. The van der Waals surface area contributed by atoms with Gasteiger partial charge in [0.1, 0.15) is 6.54 Å². The molecule has 5 nitrogen and oxygen atoms in total. The number of halogens is 3. The lowest BCUT2D eigenvalue weighted by molar-refractivity contribution is -0.124. The Morgan fingerprint density at radius 3 is 2.45 bits per heavy atom. The molecular weight excluding hydrogens is 321 g/mol. The van der Waals surface area contributed by atoms with Crippen molar-refractivity contribution in [2.45, 2.75) is 12.3 Å². The fourth-order valence-electron chi connectivity index (χ4n) is 1.42. The largest absolute Gasteiger partial charge is 0.405 e. The zero-order valence-electron chi connectivity index (χ0n) is 11.4. The third-order valence-corrected chi connectivity index (χ3v) is 3.41. The van der Waals surface area contributed by atoms with Gasteiger partial charge in [-0.05, 0) is 5.56 Å². The highest BCUT2D eigenvalue weighted by molar-refractivity contribution is 7.99. The van der Waals surface area contributed by atoms with Crippen LogP contribution in [0.4, 0.5) is 18.0 Å². The molecule has 1 unspecified atom stereocenters. The monoisotopic (exact) mass is 336 g/mol. The number of amides is 3. The van der Waals surface area contributed by atoms with Gasteiger partial charge in [0.05, 0.1) is 11.9 Å². The Balaban J connectivity index is 2.22. The molecule has 0 fully saturated rings. The van der Waals surface area contributed by atoms with E-state index < -0.39 is 30.8 Å². The number of hydrogen-bond donors (Lipinski definition) is 3. The number of imide groups is 1. The number of hydrogen-bond acceptors (Lipinski definition) is 4. The van der Waals surface area contributed by atoms with Crippen LogP contribution in [0, 0.1) is 0 Å². The number of nitrogens with one attached hydrogen (secondary N) is 2. The standard InChI is InChI=1S/C13H15F3N2O3S/c14-13(15,16)8-17-12(21)18-11(20)7-22-6-10(19)9-4-2-1-3-5-9/h1-5,10,19H,6-8H2,(H2,17,18,20,21). The predicted octanol–water partition coefficient (Wildman–Crippen LogP) is 1.84. The first-order valence-electron chi connectivity index (χ1n) is 6.23. The summed E-state index contributed by atoms with van der Waals surface area (Å²) in [7, 11) is 0. The fraction of sp³-hybridized carbons (Fsp3) is 0.385.